The molecule has 82 valence electrons. The molecule has 0 aliphatic carbocycles. The van der Waals surface area contributed by atoms with E-state index in [2.05, 4.69) is 37.2 Å². The number of alkyl halides is 1. The summed E-state index contributed by atoms with van der Waals surface area (Å²) < 4.78 is 0.768. The fourth-order valence-corrected chi connectivity index (χ4v) is 1.59. The van der Waals surface area contributed by atoms with E-state index in [4.69, 9.17) is 11.6 Å². The van der Waals surface area contributed by atoms with Gasteiger partial charge in [-0.1, -0.05) is 34.5 Å². The lowest BCUT2D eigenvalue weighted by Crippen LogP contribution is -2.21. The van der Waals surface area contributed by atoms with Crippen LogP contribution in [0, 0.1) is 0 Å². The summed E-state index contributed by atoms with van der Waals surface area (Å²) in [6.07, 6.45) is 0.751. The van der Waals surface area contributed by atoms with Crippen molar-refractivity contribution in [1.82, 2.24) is 0 Å². The molecular weight excluding hydrogens is 345 g/mol. The second kappa shape index (κ2) is 5.87. The van der Waals surface area contributed by atoms with Crippen molar-refractivity contribution in [1.29, 1.82) is 0 Å². The van der Waals surface area contributed by atoms with Gasteiger partial charge in [-0.3, -0.25) is 4.79 Å². The number of anilines is 1. The van der Waals surface area contributed by atoms with Gasteiger partial charge in [-0.25, -0.2) is 0 Å². The Kier molecular flexibility index (Phi) is 5.09. The topological polar surface area (TPSA) is 29.1 Å². The number of carbonyl (C=O) groups excluding carboxylic acids is 1. The number of nitrogens with one attached hydrogen (secondary N) is 1. The molecule has 0 fully saturated rings. The molecular formula is C10H10Br2ClNO. The minimum absolute atomic E-state index is 0.0493. The first-order valence-electron chi connectivity index (χ1n) is 4.44. The maximum atomic E-state index is 11.5. The van der Waals surface area contributed by atoms with Gasteiger partial charge in [-0.2, -0.15) is 0 Å². The van der Waals surface area contributed by atoms with Crippen LogP contribution in [-0.2, 0) is 4.79 Å². The summed E-state index contributed by atoms with van der Waals surface area (Å²) in [7, 11) is 0. The van der Waals surface area contributed by atoms with E-state index in [1.807, 2.05) is 6.92 Å². The summed E-state index contributed by atoms with van der Waals surface area (Å²) in [5.41, 5.74) is 0.731. The van der Waals surface area contributed by atoms with Crippen molar-refractivity contribution in [3.05, 3.63) is 27.7 Å². The van der Waals surface area contributed by atoms with Crippen molar-refractivity contribution in [2.45, 2.75) is 18.2 Å². The fraction of sp³-hybridized carbons (Fsp3) is 0.300. The SMILES string of the molecule is CCC(Br)C(=O)Nc1ccc(Cl)c(Br)c1. The van der Waals surface area contributed by atoms with Gasteiger partial charge < -0.3 is 5.32 Å². The Bertz CT molecular complexity index is 370. The molecule has 1 N–H and O–H groups in total. The predicted octanol–water partition coefficient (Wildman–Crippen LogP) is 4.21. The predicted molar refractivity (Wildman–Crippen MR) is 70.8 cm³/mol. The molecule has 15 heavy (non-hydrogen) atoms. The highest BCUT2D eigenvalue weighted by atomic mass is 79.9. The first kappa shape index (κ1) is 13.0. The molecule has 0 spiro atoms. The third kappa shape index (κ3) is 3.78. The molecule has 0 aliphatic heterocycles. The standard InChI is InChI=1S/C10H10Br2ClNO/c1-2-7(11)10(15)14-6-3-4-9(13)8(12)5-6/h3-5,7H,2H2,1H3,(H,14,15). The lowest BCUT2D eigenvalue weighted by molar-refractivity contribution is -0.115. The van der Waals surface area contributed by atoms with Gasteiger partial charge in [0.1, 0.15) is 0 Å². The van der Waals surface area contributed by atoms with Crippen LogP contribution in [-0.4, -0.2) is 10.7 Å². The Balaban J connectivity index is 2.73. The zero-order valence-corrected chi connectivity index (χ0v) is 12.0. The number of carbonyl (C=O) groups is 1. The molecule has 1 rings (SSSR count). The molecule has 1 amide bonds. The molecule has 1 aromatic rings. The minimum atomic E-state index is -0.160. The zero-order valence-electron chi connectivity index (χ0n) is 8.06. The van der Waals surface area contributed by atoms with Crippen LogP contribution in [0.4, 0.5) is 5.69 Å². The monoisotopic (exact) mass is 353 g/mol. The number of halogens is 3. The van der Waals surface area contributed by atoms with Crippen molar-refractivity contribution in [2.24, 2.45) is 0 Å². The number of amides is 1. The van der Waals surface area contributed by atoms with Gasteiger partial charge in [0.2, 0.25) is 5.91 Å². The molecule has 0 saturated carbocycles. The van der Waals surface area contributed by atoms with Crippen molar-refractivity contribution in [3.8, 4) is 0 Å². The Morgan fingerprint density at radius 2 is 2.27 bits per heavy atom. The van der Waals surface area contributed by atoms with Crippen LogP contribution in [0.25, 0.3) is 0 Å². The molecule has 2 nitrogen and oxygen atoms in total. The number of hydrogen-bond donors (Lipinski definition) is 1. The summed E-state index contributed by atoms with van der Waals surface area (Å²) in [6.45, 7) is 1.94. The lowest BCUT2D eigenvalue weighted by Gasteiger charge is -2.09. The molecule has 0 saturated heterocycles. The quantitative estimate of drug-likeness (QED) is 0.809. The number of hydrogen-bond acceptors (Lipinski definition) is 1. The van der Waals surface area contributed by atoms with Crippen LogP contribution in [0.1, 0.15) is 13.3 Å². The maximum absolute atomic E-state index is 11.5. The first-order valence-corrected chi connectivity index (χ1v) is 6.53. The maximum Gasteiger partial charge on any atom is 0.238 e. The van der Waals surface area contributed by atoms with E-state index >= 15 is 0 Å². The molecule has 1 atom stereocenters. The molecule has 0 heterocycles. The summed E-state index contributed by atoms with van der Waals surface area (Å²) in [6, 6.07) is 5.27. The van der Waals surface area contributed by atoms with E-state index in [1.165, 1.54) is 0 Å². The average molecular weight is 355 g/mol. The fourth-order valence-electron chi connectivity index (χ4n) is 0.980. The van der Waals surface area contributed by atoms with E-state index in [9.17, 15) is 4.79 Å². The first-order chi connectivity index (χ1) is 7.04. The number of rotatable bonds is 3. The summed E-state index contributed by atoms with van der Waals surface area (Å²) in [5.74, 6) is -0.0493. The van der Waals surface area contributed by atoms with E-state index in [0.717, 1.165) is 16.6 Å². The Hall–Kier alpha value is -0.0600. The highest BCUT2D eigenvalue weighted by Gasteiger charge is 2.12. The largest absolute Gasteiger partial charge is 0.325 e. The van der Waals surface area contributed by atoms with Crippen molar-refractivity contribution >= 4 is 55.1 Å². The average Bonchev–Trinajstić information content (AvgIpc) is 2.22. The van der Waals surface area contributed by atoms with E-state index in [1.54, 1.807) is 18.2 Å². The van der Waals surface area contributed by atoms with E-state index < -0.39 is 0 Å². The van der Waals surface area contributed by atoms with Crippen molar-refractivity contribution in [2.75, 3.05) is 5.32 Å². The molecule has 0 bridgehead atoms. The third-order valence-electron chi connectivity index (χ3n) is 1.83. The summed E-state index contributed by atoms with van der Waals surface area (Å²) in [5, 5.41) is 3.41. The van der Waals surface area contributed by atoms with Gasteiger partial charge in [0.05, 0.1) is 9.85 Å². The van der Waals surface area contributed by atoms with Crippen LogP contribution in [0.15, 0.2) is 22.7 Å². The Morgan fingerprint density at radius 3 is 2.80 bits per heavy atom. The van der Waals surface area contributed by atoms with E-state index in [0.29, 0.717) is 5.02 Å². The van der Waals surface area contributed by atoms with Crippen LogP contribution in [0.3, 0.4) is 0 Å². The van der Waals surface area contributed by atoms with Gasteiger partial charge in [0.25, 0.3) is 0 Å². The van der Waals surface area contributed by atoms with Gasteiger partial charge in [0.15, 0.2) is 0 Å². The highest BCUT2D eigenvalue weighted by Crippen LogP contribution is 2.25. The highest BCUT2D eigenvalue weighted by molar-refractivity contribution is 9.10. The van der Waals surface area contributed by atoms with Crippen LogP contribution in [0.2, 0.25) is 5.02 Å². The van der Waals surface area contributed by atoms with E-state index in [-0.39, 0.29) is 10.7 Å². The molecule has 1 aromatic carbocycles. The normalized spacial score (nSPS) is 12.3. The van der Waals surface area contributed by atoms with Crippen molar-refractivity contribution < 1.29 is 4.79 Å². The molecule has 0 aromatic heterocycles. The van der Waals surface area contributed by atoms with Gasteiger partial charge in [0, 0.05) is 10.2 Å². The molecule has 0 radical (unpaired) electrons. The second-order valence-corrected chi connectivity index (χ2v) is 5.36. The van der Waals surface area contributed by atoms with Crippen LogP contribution < -0.4 is 5.32 Å². The Labute approximate surface area is 111 Å². The van der Waals surface area contributed by atoms with Gasteiger partial charge in [-0.15, -0.1) is 0 Å². The number of benzene rings is 1. The second-order valence-electron chi connectivity index (χ2n) is 2.99. The summed E-state index contributed by atoms with van der Waals surface area (Å²) >= 11 is 12.4. The van der Waals surface area contributed by atoms with Crippen molar-refractivity contribution in [3.63, 3.8) is 0 Å². The smallest absolute Gasteiger partial charge is 0.238 e. The minimum Gasteiger partial charge on any atom is -0.325 e. The van der Waals surface area contributed by atoms with Crippen LogP contribution in [0.5, 0.6) is 0 Å². The lowest BCUT2D eigenvalue weighted by atomic mass is 10.3. The van der Waals surface area contributed by atoms with Gasteiger partial charge >= 0.3 is 0 Å². The molecule has 0 aliphatic rings. The molecule has 1 unspecified atom stereocenters. The summed E-state index contributed by atoms with van der Waals surface area (Å²) in [4.78, 5) is 11.4. The third-order valence-corrected chi connectivity index (χ3v) is 4.11. The zero-order chi connectivity index (χ0) is 11.4. The Morgan fingerprint density at radius 1 is 1.60 bits per heavy atom. The van der Waals surface area contributed by atoms with Crippen LogP contribution >= 0.6 is 43.5 Å². The molecule has 5 heteroatoms. The van der Waals surface area contributed by atoms with Gasteiger partial charge in [-0.05, 0) is 40.5 Å².